The van der Waals surface area contributed by atoms with E-state index in [2.05, 4.69) is 0 Å². The van der Waals surface area contributed by atoms with Crippen LogP contribution in [0.4, 0.5) is 0 Å². The van der Waals surface area contributed by atoms with Gasteiger partial charge >= 0.3 is 0 Å². The lowest BCUT2D eigenvalue weighted by atomic mass is 13.9. The standard InChI is InChI=1S/H4NO2PS/c2-5(3)1-4/h5H,4H2,(H,1,2,3). The number of thiol groups is 1. The molecule has 0 heterocycles. The molecule has 0 fully saturated rings. The van der Waals surface area contributed by atoms with Gasteiger partial charge < -0.3 is 0 Å². The lowest BCUT2D eigenvalue weighted by Gasteiger charge is -1.67. The Labute approximate surface area is 34.1 Å². The molecule has 0 aromatic heterocycles. The van der Waals surface area contributed by atoms with Crippen molar-refractivity contribution in [2.45, 2.75) is 0 Å². The van der Waals surface area contributed by atoms with Crippen LogP contribution in [0.1, 0.15) is 0 Å². The maximum atomic E-state index is 9.27. The summed E-state index contributed by atoms with van der Waals surface area (Å²) in [4.78, 5) is 0. The predicted molar refractivity (Wildman–Crippen MR) is 23.2 cm³/mol. The second kappa shape index (κ2) is 2.57. The van der Waals surface area contributed by atoms with Gasteiger partial charge in [-0.1, -0.05) is 9.39 Å². The first-order valence-electron chi connectivity index (χ1n) is 0.877. The molecule has 1 atom stereocenters. The molecule has 0 saturated heterocycles. The third-order valence-corrected chi connectivity index (χ3v) is 0.949. The molecule has 1 N–H and O–H groups in total. The molecule has 3 nitrogen and oxygen atoms in total. The molecule has 0 bridgehead atoms. The smallest absolute Gasteiger partial charge is 0.204 e. The first kappa shape index (κ1) is 5.34. The third-order valence-electron chi connectivity index (χ3n) is 0.105. The van der Waals surface area contributed by atoms with Gasteiger partial charge in [-0.3, -0.25) is 0 Å². The van der Waals surface area contributed by atoms with Crippen molar-refractivity contribution in [1.82, 2.24) is 4.49 Å². The number of hydrogen-bond donors (Lipinski definition) is 2. The summed E-state index contributed by atoms with van der Waals surface area (Å²) < 4.78 is 20.4. The van der Waals surface area contributed by atoms with Crippen LogP contribution in [0.3, 0.4) is 0 Å². The fourth-order valence-corrected chi connectivity index (χ4v) is 0. The minimum atomic E-state index is -2.39. The Balaban J connectivity index is 3.23. The second-order valence-electron chi connectivity index (χ2n) is 0.386. The van der Waals surface area contributed by atoms with E-state index < -0.39 is 10.9 Å². The zero-order chi connectivity index (χ0) is 4.28. The zero-order valence-electron chi connectivity index (χ0n) is 2.34. The summed E-state index contributed by atoms with van der Waals surface area (Å²) in [6, 6.07) is 0. The highest BCUT2D eigenvalue weighted by Crippen LogP contribution is 1.59. The molecule has 32 valence electrons. The third kappa shape index (κ3) is 4.34. The summed E-state index contributed by atoms with van der Waals surface area (Å²) >= 11 is 0. The molecule has 0 aromatic carbocycles. The molecule has 1 unspecified atom stereocenters. The molecule has 0 aliphatic heterocycles. The predicted octanol–water partition coefficient (Wildman–Crippen LogP) is -1.11. The van der Waals surface area contributed by atoms with Gasteiger partial charge in [-0.05, 0) is 0 Å². The fraction of sp³-hybridized carbons (Fsp3) is 0. The van der Waals surface area contributed by atoms with Crippen LogP contribution >= 0.6 is 9.39 Å². The SMILES string of the molecule is O=[SH](=O)NP. The van der Waals surface area contributed by atoms with Crippen LogP contribution in [-0.4, -0.2) is 8.42 Å². The van der Waals surface area contributed by atoms with Crippen molar-refractivity contribution in [1.29, 1.82) is 0 Å². The Bertz CT molecular complexity index is 67.7. The highest BCUT2D eigenvalue weighted by Gasteiger charge is 1.60. The van der Waals surface area contributed by atoms with E-state index in [9.17, 15) is 8.42 Å². The van der Waals surface area contributed by atoms with Crippen LogP contribution in [-0.2, 0) is 10.9 Å². The van der Waals surface area contributed by atoms with Crippen molar-refractivity contribution in [2.75, 3.05) is 0 Å². The van der Waals surface area contributed by atoms with Gasteiger partial charge in [0.05, 0.1) is 0 Å². The van der Waals surface area contributed by atoms with Gasteiger partial charge in [-0.2, -0.15) is 0 Å². The average molecular weight is 113 g/mol. The van der Waals surface area contributed by atoms with E-state index >= 15 is 0 Å². The van der Waals surface area contributed by atoms with Crippen molar-refractivity contribution in [3.63, 3.8) is 0 Å². The van der Waals surface area contributed by atoms with Gasteiger partial charge in [0.25, 0.3) is 0 Å². The van der Waals surface area contributed by atoms with E-state index in [0.717, 1.165) is 0 Å². The van der Waals surface area contributed by atoms with E-state index in [1.54, 1.807) is 0 Å². The molecule has 0 amide bonds. The molecule has 0 aromatic rings. The van der Waals surface area contributed by atoms with Crippen molar-refractivity contribution < 1.29 is 8.42 Å². The van der Waals surface area contributed by atoms with Gasteiger partial charge in [-0.25, -0.2) is 12.9 Å². The summed E-state index contributed by atoms with van der Waals surface area (Å²) in [7, 11) is -0.537. The van der Waals surface area contributed by atoms with Crippen LogP contribution in [0.5, 0.6) is 0 Å². The Kier molecular flexibility index (Phi) is 2.75. The summed E-state index contributed by atoms with van der Waals surface area (Å²) in [6.45, 7) is 0. The van der Waals surface area contributed by atoms with E-state index in [-0.39, 0.29) is 0 Å². The van der Waals surface area contributed by atoms with Crippen LogP contribution in [0.2, 0.25) is 0 Å². The highest BCUT2D eigenvalue weighted by molar-refractivity contribution is 7.74. The number of hydrogen-bond acceptors (Lipinski definition) is 2. The van der Waals surface area contributed by atoms with Gasteiger partial charge in [-0.15, -0.1) is 0 Å². The van der Waals surface area contributed by atoms with Gasteiger partial charge in [0.1, 0.15) is 0 Å². The quantitative estimate of drug-likeness (QED) is 0.334. The zero-order valence-corrected chi connectivity index (χ0v) is 4.39. The minimum absolute atomic E-state index is 1.85. The summed E-state index contributed by atoms with van der Waals surface area (Å²) in [5.41, 5.74) is 0. The van der Waals surface area contributed by atoms with E-state index in [0.29, 0.717) is 0 Å². The van der Waals surface area contributed by atoms with Crippen molar-refractivity contribution >= 4 is 20.3 Å². The number of rotatable bonds is 1. The average Bonchev–Trinajstić information content (AvgIpc) is 1.38. The first-order valence-corrected chi connectivity index (χ1v) is 2.63. The largest absolute Gasteiger partial charge is 0.215 e. The second-order valence-corrected chi connectivity index (χ2v) is 1.93. The molecule has 5 heavy (non-hydrogen) atoms. The Morgan fingerprint density at radius 3 is 1.80 bits per heavy atom. The summed E-state index contributed by atoms with van der Waals surface area (Å²) in [5, 5.41) is 0. The normalized spacial score (nSPS) is 9.20. The van der Waals surface area contributed by atoms with Crippen molar-refractivity contribution in [3.8, 4) is 0 Å². The minimum Gasteiger partial charge on any atom is -0.215 e. The molecule has 0 aliphatic rings. The summed E-state index contributed by atoms with van der Waals surface area (Å²) in [6.07, 6.45) is 0. The maximum absolute atomic E-state index is 9.27. The Hall–Kier alpha value is 0.340. The van der Waals surface area contributed by atoms with Gasteiger partial charge in [0.2, 0.25) is 10.9 Å². The highest BCUT2D eigenvalue weighted by atomic mass is 32.2. The molecule has 0 saturated carbocycles. The van der Waals surface area contributed by atoms with E-state index in [4.69, 9.17) is 0 Å². The van der Waals surface area contributed by atoms with Gasteiger partial charge in [0.15, 0.2) is 0 Å². The molecule has 0 radical (unpaired) electrons. The van der Waals surface area contributed by atoms with E-state index in [1.807, 2.05) is 13.9 Å². The molecule has 0 rings (SSSR count). The molecule has 5 heteroatoms. The van der Waals surface area contributed by atoms with Crippen molar-refractivity contribution in [3.05, 3.63) is 0 Å². The first-order chi connectivity index (χ1) is 2.27. The van der Waals surface area contributed by atoms with Gasteiger partial charge in [0, 0.05) is 0 Å². The van der Waals surface area contributed by atoms with Crippen LogP contribution in [0.15, 0.2) is 0 Å². The molecule has 0 spiro atoms. The Morgan fingerprint density at radius 2 is 1.80 bits per heavy atom. The number of nitrogens with one attached hydrogen (secondary N) is 1. The van der Waals surface area contributed by atoms with Crippen LogP contribution < -0.4 is 4.49 Å². The lowest BCUT2D eigenvalue weighted by molar-refractivity contribution is 0.613. The maximum Gasteiger partial charge on any atom is 0.204 e. The van der Waals surface area contributed by atoms with Crippen LogP contribution in [0.25, 0.3) is 0 Å². The van der Waals surface area contributed by atoms with Crippen molar-refractivity contribution in [2.24, 2.45) is 0 Å². The summed E-state index contributed by atoms with van der Waals surface area (Å²) in [5.74, 6) is 0. The van der Waals surface area contributed by atoms with E-state index in [1.165, 1.54) is 0 Å². The lowest BCUT2D eigenvalue weighted by Crippen LogP contribution is -1.88. The molecule has 0 aliphatic carbocycles. The van der Waals surface area contributed by atoms with Crippen LogP contribution in [0, 0.1) is 0 Å². The Morgan fingerprint density at radius 1 is 1.60 bits per heavy atom. The molecular formula is H4NO2PS. The monoisotopic (exact) mass is 113 g/mol. The topological polar surface area (TPSA) is 46.2 Å². The fourth-order valence-electron chi connectivity index (χ4n) is 0. The molecular weight excluding hydrogens is 109 g/mol.